The summed E-state index contributed by atoms with van der Waals surface area (Å²) in [5.74, 6) is -3.14. The molecule has 0 saturated carbocycles. The Labute approximate surface area is 158 Å². The third kappa shape index (κ3) is 3.14. The molecule has 2 aromatic heterocycles. The van der Waals surface area contributed by atoms with Crippen LogP contribution in [-0.2, 0) is 10.0 Å². The number of rotatable bonds is 3. The zero-order valence-corrected chi connectivity index (χ0v) is 15.6. The van der Waals surface area contributed by atoms with E-state index in [0.29, 0.717) is 26.2 Å². The van der Waals surface area contributed by atoms with Crippen LogP contribution < -0.4 is 4.90 Å². The average molecular weight is 410 g/mol. The standard InChI is InChI=1S/C16H16F2N6O3S/c1-28(26,27)23-6-4-22(5-7-23)10-2-3-13(19-9-10)24-15-12(20-21-24)8-11(17)16(25)14(15)18/h2-3,8-9,25H,4-7H2,1H3. The second-order valence-electron chi connectivity index (χ2n) is 6.41. The fourth-order valence-electron chi connectivity index (χ4n) is 3.13. The Morgan fingerprint density at radius 2 is 1.86 bits per heavy atom. The molecule has 4 rings (SSSR count). The minimum absolute atomic E-state index is 0.0458. The fourth-order valence-corrected chi connectivity index (χ4v) is 3.96. The van der Waals surface area contributed by atoms with E-state index in [1.165, 1.54) is 10.6 Å². The summed E-state index contributed by atoms with van der Waals surface area (Å²) >= 11 is 0. The smallest absolute Gasteiger partial charge is 0.211 e. The molecule has 0 unspecified atom stereocenters. The lowest BCUT2D eigenvalue weighted by atomic mass is 10.2. The van der Waals surface area contributed by atoms with Crippen LogP contribution in [0.5, 0.6) is 5.75 Å². The molecule has 0 radical (unpaired) electrons. The van der Waals surface area contributed by atoms with Gasteiger partial charge in [0.05, 0.1) is 18.1 Å². The van der Waals surface area contributed by atoms with Crippen molar-refractivity contribution in [1.82, 2.24) is 24.3 Å². The van der Waals surface area contributed by atoms with E-state index in [0.717, 1.165) is 16.4 Å². The monoisotopic (exact) mass is 410 g/mol. The summed E-state index contributed by atoms with van der Waals surface area (Å²) in [5, 5.41) is 17.0. The maximum atomic E-state index is 14.3. The van der Waals surface area contributed by atoms with Gasteiger partial charge in [0.2, 0.25) is 10.0 Å². The van der Waals surface area contributed by atoms with Gasteiger partial charge >= 0.3 is 0 Å². The Bertz CT molecular complexity index is 1140. The molecule has 1 aliphatic heterocycles. The number of benzene rings is 1. The van der Waals surface area contributed by atoms with Gasteiger partial charge in [-0.1, -0.05) is 5.21 Å². The highest BCUT2D eigenvalue weighted by molar-refractivity contribution is 7.88. The van der Waals surface area contributed by atoms with E-state index < -0.39 is 27.4 Å². The largest absolute Gasteiger partial charge is 0.503 e. The lowest BCUT2D eigenvalue weighted by Gasteiger charge is -2.34. The Balaban J connectivity index is 1.60. The molecule has 9 nitrogen and oxygen atoms in total. The van der Waals surface area contributed by atoms with Gasteiger partial charge in [-0.25, -0.2) is 22.2 Å². The van der Waals surface area contributed by atoms with E-state index >= 15 is 0 Å². The molecule has 3 aromatic rings. The molecule has 3 heterocycles. The third-order valence-corrected chi connectivity index (χ3v) is 5.93. The van der Waals surface area contributed by atoms with Gasteiger partial charge in [-0.2, -0.15) is 8.99 Å². The van der Waals surface area contributed by atoms with Crippen molar-refractivity contribution in [2.45, 2.75) is 0 Å². The fraction of sp³-hybridized carbons (Fsp3) is 0.312. The number of piperazine rings is 1. The first-order valence-corrected chi connectivity index (χ1v) is 10.2. The molecule has 28 heavy (non-hydrogen) atoms. The van der Waals surface area contributed by atoms with Crippen molar-refractivity contribution in [3.8, 4) is 11.6 Å². The van der Waals surface area contributed by atoms with Crippen molar-refractivity contribution in [3.05, 3.63) is 36.0 Å². The topological polar surface area (TPSA) is 104 Å². The lowest BCUT2D eigenvalue weighted by molar-refractivity contribution is 0.388. The highest BCUT2D eigenvalue weighted by atomic mass is 32.2. The normalized spacial score (nSPS) is 16.0. The number of halogens is 2. The summed E-state index contributed by atoms with van der Waals surface area (Å²) in [6.07, 6.45) is 2.74. The minimum atomic E-state index is -3.21. The van der Waals surface area contributed by atoms with E-state index in [-0.39, 0.29) is 16.9 Å². The van der Waals surface area contributed by atoms with Crippen LogP contribution in [0, 0.1) is 11.6 Å². The van der Waals surface area contributed by atoms with Crippen LogP contribution in [0.3, 0.4) is 0 Å². The first-order chi connectivity index (χ1) is 13.3. The van der Waals surface area contributed by atoms with Crippen LogP contribution in [0.4, 0.5) is 14.5 Å². The van der Waals surface area contributed by atoms with Crippen LogP contribution in [0.2, 0.25) is 0 Å². The predicted molar refractivity (Wildman–Crippen MR) is 96.9 cm³/mol. The number of hydrogen-bond acceptors (Lipinski definition) is 7. The van der Waals surface area contributed by atoms with Crippen molar-refractivity contribution in [2.75, 3.05) is 37.3 Å². The lowest BCUT2D eigenvalue weighted by Crippen LogP contribution is -2.48. The van der Waals surface area contributed by atoms with Crippen molar-refractivity contribution >= 4 is 26.7 Å². The zero-order valence-electron chi connectivity index (χ0n) is 14.7. The van der Waals surface area contributed by atoms with E-state index in [1.54, 1.807) is 18.3 Å². The summed E-state index contributed by atoms with van der Waals surface area (Å²) in [7, 11) is -3.21. The Hall–Kier alpha value is -2.86. The quantitative estimate of drug-likeness (QED) is 0.684. The summed E-state index contributed by atoms with van der Waals surface area (Å²) < 4.78 is 53.4. The van der Waals surface area contributed by atoms with Crippen molar-refractivity contribution < 1.29 is 22.3 Å². The average Bonchev–Trinajstić information content (AvgIpc) is 3.09. The molecule has 0 bridgehead atoms. The van der Waals surface area contributed by atoms with Gasteiger partial charge in [0.15, 0.2) is 23.2 Å². The molecular formula is C16H16F2N6O3S. The second-order valence-corrected chi connectivity index (χ2v) is 8.40. The first-order valence-electron chi connectivity index (χ1n) is 8.34. The van der Waals surface area contributed by atoms with Crippen LogP contribution >= 0.6 is 0 Å². The number of pyridine rings is 1. The van der Waals surface area contributed by atoms with E-state index in [1.807, 2.05) is 4.90 Å². The minimum Gasteiger partial charge on any atom is -0.503 e. The third-order valence-electron chi connectivity index (χ3n) is 4.62. The van der Waals surface area contributed by atoms with Gasteiger partial charge < -0.3 is 10.0 Å². The van der Waals surface area contributed by atoms with Crippen LogP contribution in [0.15, 0.2) is 24.4 Å². The van der Waals surface area contributed by atoms with Gasteiger partial charge in [-0.15, -0.1) is 5.10 Å². The summed E-state index contributed by atoms with van der Waals surface area (Å²) in [4.78, 5) is 6.24. The molecule has 0 amide bonds. The summed E-state index contributed by atoms with van der Waals surface area (Å²) in [6, 6.07) is 4.23. The number of aromatic hydroxyl groups is 1. The van der Waals surface area contributed by atoms with Crippen LogP contribution in [0.1, 0.15) is 0 Å². The van der Waals surface area contributed by atoms with E-state index in [2.05, 4.69) is 15.3 Å². The van der Waals surface area contributed by atoms with E-state index in [9.17, 15) is 22.3 Å². The number of fused-ring (bicyclic) bond motifs is 1. The first kappa shape index (κ1) is 18.5. The number of phenolic OH excluding ortho intramolecular Hbond substituents is 1. The number of anilines is 1. The van der Waals surface area contributed by atoms with Gasteiger partial charge in [-0.3, -0.25) is 0 Å². The maximum Gasteiger partial charge on any atom is 0.211 e. The Morgan fingerprint density at radius 1 is 1.14 bits per heavy atom. The molecule has 1 aromatic carbocycles. The number of hydrogen-bond donors (Lipinski definition) is 1. The Kier molecular flexibility index (Phi) is 4.38. The Morgan fingerprint density at radius 3 is 2.46 bits per heavy atom. The van der Waals surface area contributed by atoms with Crippen molar-refractivity contribution in [2.24, 2.45) is 0 Å². The van der Waals surface area contributed by atoms with Crippen LogP contribution in [0.25, 0.3) is 16.9 Å². The predicted octanol–water partition coefficient (Wildman–Crippen LogP) is 0.881. The molecular weight excluding hydrogens is 394 g/mol. The SMILES string of the molecule is CS(=O)(=O)N1CCN(c2ccc(-n3nnc4cc(F)c(O)c(F)c43)nc2)CC1. The number of phenols is 1. The van der Waals surface area contributed by atoms with Crippen molar-refractivity contribution in [1.29, 1.82) is 0 Å². The summed E-state index contributed by atoms with van der Waals surface area (Å²) in [6.45, 7) is 1.79. The highest BCUT2D eigenvalue weighted by Crippen LogP contribution is 2.29. The second kappa shape index (κ2) is 6.63. The number of aromatic nitrogens is 4. The number of nitrogens with zero attached hydrogens (tertiary/aromatic N) is 6. The van der Waals surface area contributed by atoms with Crippen LogP contribution in [-0.4, -0.2) is 70.2 Å². The molecule has 148 valence electrons. The zero-order chi connectivity index (χ0) is 20.1. The van der Waals surface area contributed by atoms with Crippen molar-refractivity contribution in [3.63, 3.8) is 0 Å². The number of sulfonamides is 1. The molecule has 1 aliphatic rings. The molecule has 0 aliphatic carbocycles. The van der Waals surface area contributed by atoms with Gasteiger partial charge in [0.25, 0.3) is 0 Å². The molecule has 12 heteroatoms. The van der Waals surface area contributed by atoms with E-state index in [4.69, 9.17) is 0 Å². The molecule has 1 fully saturated rings. The molecule has 0 spiro atoms. The molecule has 1 saturated heterocycles. The maximum absolute atomic E-state index is 14.3. The van der Waals surface area contributed by atoms with Gasteiger partial charge in [0.1, 0.15) is 11.0 Å². The molecule has 0 atom stereocenters. The highest BCUT2D eigenvalue weighted by Gasteiger charge is 2.24. The van der Waals surface area contributed by atoms with Gasteiger partial charge in [-0.05, 0) is 12.1 Å². The summed E-state index contributed by atoms with van der Waals surface area (Å²) in [5.41, 5.74) is 0.548. The van der Waals surface area contributed by atoms with Gasteiger partial charge in [0, 0.05) is 32.2 Å². The molecule has 1 N–H and O–H groups in total.